The van der Waals surface area contributed by atoms with Gasteiger partial charge in [-0.25, -0.2) is 0 Å². The third-order valence-corrected chi connectivity index (χ3v) is 3.43. The van der Waals surface area contributed by atoms with Crippen molar-refractivity contribution in [1.82, 2.24) is 21.3 Å². The van der Waals surface area contributed by atoms with Crippen LogP contribution in [-0.2, 0) is 19.2 Å². The number of halogens is 6. The number of rotatable bonds is 8. The summed E-state index contributed by atoms with van der Waals surface area (Å²) in [6.07, 6.45) is -10.2. The average molecular weight is 436 g/mol. The van der Waals surface area contributed by atoms with Crippen molar-refractivity contribution in [3.8, 4) is 0 Å². The lowest BCUT2D eigenvalue weighted by Gasteiger charge is -2.26. The van der Waals surface area contributed by atoms with Crippen LogP contribution in [0.25, 0.3) is 0 Å². The second kappa shape index (κ2) is 9.31. The molecule has 0 atom stereocenters. The molecule has 0 bridgehead atoms. The molecule has 0 heterocycles. The van der Waals surface area contributed by atoms with Crippen LogP contribution in [0.4, 0.5) is 26.3 Å². The molecule has 0 fully saturated rings. The van der Waals surface area contributed by atoms with Crippen molar-refractivity contribution < 1.29 is 45.5 Å². The van der Waals surface area contributed by atoms with Crippen LogP contribution in [0.2, 0.25) is 0 Å². The average Bonchev–Trinajstić information content (AvgIpc) is 2.51. The summed E-state index contributed by atoms with van der Waals surface area (Å²) in [6, 6.07) is 0. The fourth-order valence-electron chi connectivity index (χ4n) is 1.76. The molecule has 0 aromatic carbocycles. The van der Waals surface area contributed by atoms with Crippen LogP contribution in [0, 0.1) is 0 Å². The quantitative estimate of drug-likeness (QED) is 0.328. The van der Waals surface area contributed by atoms with Crippen molar-refractivity contribution in [2.75, 3.05) is 13.1 Å². The zero-order chi connectivity index (χ0) is 23.3. The standard InChI is InChI=1S/C15H22F6N4O4/c1-12(2,24-10(28)14(16,17)18)8(26)22-6-5-7-23-9(27)13(3,4)25-11(29)15(19,20)21/h5-7H2,1-4H3,(H,22,26)(H,23,27)(H,24,28)(H,25,29). The van der Waals surface area contributed by atoms with Crippen LogP contribution in [0.3, 0.4) is 0 Å². The van der Waals surface area contributed by atoms with E-state index in [1.165, 1.54) is 10.6 Å². The summed E-state index contributed by atoms with van der Waals surface area (Å²) >= 11 is 0. The number of nitrogens with one attached hydrogen (secondary N) is 4. The molecule has 0 rings (SSSR count). The Balaban J connectivity index is 4.41. The highest BCUT2D eigenvalue weighted by molar-refractivity contribution is 5.93. The van der Waals surface area contributed by atoms with E-state index in [4.69, 9.17) is 0 Å². The molecule has 0 saturated carbocycles. The van der Waals surface area contributed by atoms with E-state index in [9.17, 15) is 45.5 Å². The molecule has 0 aromatic heterocycles. The Labute approximate surface area is 162 Å². The van der Waals surface area contributed by atoms with Crippen molar-refractivity contribution in [3.05, 3.63) is 0 Å². The molecule has 0 radical (unpaired) electrons. The number of amides is 4. The lowest BCUT2D eigenvalue weighted by atomic mass is 10.0. The molecular formula is C15H22F6N4O4. The summed E-state index contributed by atoms with van der Waals surface area (Å²) in [6.45, 7) is 4.00. The molecule has 0 unspecified atom stereocenters. The minimum atomic E-state index is -5.16. The topological polar surface area (TPSA) is 116 Å². The normalized spacial score (nSPS) is 12.8. The van der Waals surface area contributed by atoms with E-state index in [0.717, 1.165) is 27.7 Å². The van der Waals surface area contributed by atoms with Gasteiger partial charge in [0.1, 0.15) is 11.1 Å². The summed E-state index contributed by atoms with van der Waals surface area (Å²) in [5, 5.41) is 7.56. The SMILES string of the molecule is CC(C)(NC(=O)C(F)(F)F)C(=O)NCCCNC(=O)C(C)(C)NC(=O)C(F)(F)F. The van der Waals surface area contributed by atoms with Gasteiger partial charge in [0, 0.05) is 13.1 Å². The summed E-state index contributed by atoms with van der Waals surface area (Å²) in [5.74, 6) is -6.40. The summed E-state index contributed by atoms with van der Waals surface area (Å²) in [4.78, 5) is 45.5. The Hall–Kier alpha value is -2.54. The Morgan fingerprint density at radius 1 is 0.586 bits per heavy atom. The Kier molecular flexibility index (Phi) is 8.49. The Morgan fingerprint density at radius 2 is 0.862 bits per heavy atom. The molecule has 168 valence electrons. The van der Waals surface area contributed by atoms with E-state index in [1.807, 2.05) is 0 Å². The van der Waals surface area contributed by atoms with E-state index in [-0.39, 0.29) is 19.5 Å². The highest BCUT2D eigenvalue weighted by Crippen LogP contribution is 2.17. The van der Waals surface area contributed by atoms with Crippen LogP contribution in [-0.4, -0.2) is 60.1 Å². The van der Waals surface area contributed by atoms with E-state index >= 15 is 0 Å². The highest BCUT2D eigenvalue weighted by atomic mass is 19.4. The van der Waals surface area contributed by atoms with E-state index in [1.54, 1.807) is 0 Å². The largest absolute Gasteiger partial charge is 0.471 e. The first kappa shape index (κ1) is 26.5. The minimum absolute atomic E-state index is 0.0735. The van der Waals surface area contributed by atoms with Gasteiger partial charge in [0.15, 0.2) is 0 Å². The number of hydrogen-bond donors (Lipinski definition) is 4. The lowest BCUT2D eigenvalue weighted by Crippen LogP contribution is -2.58. The molecule has 8 nitrogen and oxygen atoms in total. The molecular weight excluding hydrogens is 414 g/mol. The van der Waals surface area contributed by atoms with Gasteiger partial charge in [0.2, 0.25) is 11.8 Å². The second-order valence-corrected chi connectivity index (χ2v) is 7.02. The maximum atomic E-state index is 12.2. The van der Waals surface area contributed by atoms with E-state index in [0.29, 0.717) is 0 Å². The van der Waals surface area contributed by atoms with Gasteiger partial charge in [-0.1, -0.05) is 0 Å². The zero-order valence-corrected chi connectivity index (χ0v) is 16.0. The number of carbonyl (C=O) groups excluding carboxylic acids is 4. The van der Waals surface area contributed by atoms with Crippen molar-refractivity contribution in [3.63, 3.8) is 0 Å². The van der Waals surface area contributed by atoms with Crippen LogP contribution >= 0.6 is 0 Å². The van der Waals surface area contributed by atoms with Gasteiger partial charge in [0.25, 0.3) is 0 Å². The fraction of sp³-hybridized carbons (Fsp3) is 0.733. The molecule has 0 aliphatic carbocycles. The Bertz CT molecular complexity index is 590. The van der Waals surface area contributed by atoms with Gasteiger partial charge in [0.05, 0.1) is 0 Å². The summed E-state index contributed by atoms with van der Waals surface area (Å²) < 4.78 is 73.4. The van der Waals surface area contributed by atoms with Gasteiger partial charge >= 0.3 is 24.2 Å². The van der Waals surface area contributed by atoms with Crippen LogP contribution < -0.4 is 21.3 Å². The molecule has 14 heteroatoms. The monoisotopic (exact) mass is 436 g/mol. The first-order valence-corrected chi connectivity index (χ1v) is 8.16. The maximum absolute atomic E-state index is 12.2. The van der Waals surface area contributed by atoms with E-state index in [2.05, 4.69) is 10.6 Å². The number of alkyl halides is 6. The smallest absolute Gasteiger partial charge is 0.354 e. The van der Waals surface area contributed by atoms with Gasteiger partial charge in [-0.15, -0.1) is 0 Å². The molecule has 0 saturated heterocycles. The minimum Gasteiger partial charge on any atom is -0.354 e. The van der Waals surface area contributed by atoms with Gasteiger partial charge in [-0.3, -0.25) is 19.2 Å². The second-order valence-electron chi connectivity index (χ2n) is 7.02. The highest BCUT2D eigenvalue weighted by Gasteiger charge is 2.44. The lowest BCUT2D eigenvalue weighted by molar-refractivity contribution is -0.176. The van der Waals surface area contributed by atoms with Gasteiger partial charge < -0.3 is 21.3 Å². The molecule has 0 aromatic rings. The molecule has 4 amide bonds. The third kappa shape index (κ3) is 9.00. The van der Waals surface area contributed by atoms with Crippen molar-refractivity contribution in [1.29, 1.82) is 0 Å². The Morgan fingerprint density at radius 3 is 1.10 bits per heavy atom. The van der Waals surface area contributed by atoms with Crippen LogP contribution in [0.1, 0.15) is 34.1 Å². The zero-order valence-electron chi connectivity index (χ0n) is 16.0. The molecule has 0 aliphatic heterocycles. The van der Waals surface area contributed by atoms with Crippen LogP contribution in [0.15, 0.2) is 0 Å². The predicted octanol–water partition coefficient (Wildman–Crippen LogP) is 0.523. The first-order valence-electron chi connectivity index (χ1n) is 8.16. The summed E-state index contributed by atoms with van der Waals surface area (Å²) in [7, 11) is 0. The van der Waals surface area contributed by atoms with Crippen molar-refractivity contribution in [2.24, 2.45) is 0 Å². The number of carbonyl (C=O) groups is 4. The molecule has 29 heavy (non-hydrogen) atoms. The third-order valence-electron chi connectivity index (χ3n) is 3.43. The van der Waals surface area contributed by atoms with Crippen molar-refractivity contribution in [2.45, 2.75) is 57.5 Å². The molecule has 4 N–H and O–H groups in total. The number of hydrogen-bond acceptors (Lipinski definition) is 4. The van der Waals surface area contributed by atoms with Crippen molar-refractivity contribution >= 4 is 23.6 Å². The fourth-order valence-corrected chi connectivity index (χ4v) is 1.76. The molecule has 0 aliphatic rings. The van der Waals surface area contributed by atoms with E-state index < -0.39 is 47.1 Å². The summed E-state index contributed by atoms with van der Waals surface area (Å²) in [5.41, 5.74) is -3.72. The first-order chi connectivity index (χ1) is 12.8. The van der Waals surface area contributed by atoms with Gasteiger partial charge in [-0.2, -0.15) is 26.3 Å². The maximum Gasteiger partial charge on any atom is 0.471 e. The van der Waals surface area contributed by atoms with Gasteiger partial charge in [-0.05, 0) is 34.1 Å². The van der Waals surface area contributed by atoms with Crippen LogP contribution in [0.5, 0.6) is 0 Å². The predicted molar refractivity (Wildman–Crippen MR) is 87.2 cm³/mol. The molecule has 0 spiro atoms.